The van der Waals surface area contributed by atoms with Gasteiger partial charge in [0.25, 0.3) is 0 Å². The molecule has 0 spiro atoms. The Balaban J connectivity index is 0. The van der Waals surface area contributed by atoms with E-state index >= 15 is 0 Å². The molecule has 47 valence electrons. The Morgan fingerprint density at radius 1 is 1.50 bits per heavy atom. The summed E-state index contributed by atoms with van der Waals surface area (Å²) in [7, 11) is -0.184. The number of hydrogen-bond donors (Lipinski definition) is 0. The molecule has 0 rings (SSSR count). The summed E-state index contributed by atoms with van der Waals surface area (Å²) < 4.78 is 0. The van der Waals surface area contributed by atoms with E-state index in [0.717, 1.165) is 5.92 Å². The van der Waals surface area contributed by atoms with Crippen molar-refractivity contribution in [2.75, 3.05) is 12.8 Å². The molecule has 0 saturated carbocycles. The van der Waals surface area contributed by atoms with Crippen LogP contribution in [0.3, 0.4) is 0 Å². The molecular weight excluding hydrogens is 192 g/mol. The molecule has 0 fully saturated rings. The van der Waals surface area contributed by atoms with Crippen molar-refractivity contribution >= 4 is 13.8 Å². The van der Waals surface area contributed by atoms with Crippen LogP contribution in [0, 0.1) is 5.92 Å². The van der Waals surface area contributed by atoms with Crippen LogP contribution in [0.2, 0.25) is 0 Å². The third-order valence-corrected chi connectivity index (χ3v) is 2.27. The molecule has 0 saturated heterocycles. The topological polar surface area (TPSA) is 0 Å². The first-order valence-electron chi connectivity index (χ1n) is 2.77. The van der Waals surface area contributed by atoms with Crippen molar-refractivity contribution in [1.82, 2.24) is 0 Å². The quantitative estimate of drug-likeness (QED) is 0.607. The van der Waals surface area contributed by atoms with Crippen LogP contribution in [0.5, 0.6) is 0 Å². The van der Waals surface area contributed by atoms with Crippen molar-refractivity contribution in [3.63, 3.8) is 0 Å². The van der Waals surface area contributed by atoms with Gasteiger partial charge in [-0.2, -0.15) is 0 Å². The maximum Gasteiger partial charge on any atom is 0 e. The van der Waals surface area contributed by atoms with Crippen LogP contribution >= 0.6 is 7.55 Å². The zero-order valence-electron chi connectivity index (χ0n) is 6.07. The van der Waals surface area contributed by atoms with Gasteiger partial charge in [-0.15, -0.1) is 13.8 Å². The van der Waals surface area contributed by atoms with E-state index < -0.39 is 0 Å². The van der Waals surface area contributed by atoms with Gasteiger partial charge in [-0.25, -0.2) is 0 Å². The second-order valence-electron chi connectivity index (χ2n) is 2.56. The molecule has 1 radical (unpaired) electrons. The monoisotopic (exact) mass is 207 g/mol. The molecule has 0 amide bonds. The van der Waals surface area contributed by atoms with E-state index in [2.05, 4.69) is 26.8 Å². The van der Waals surface area contributed by atoms with E-state index in [4.69, 9.17) is 0 Å². The maximum absolute atomic E-state index is 3.98. The Morgan fingerprint density at radius 3 is 1.88 bits per heavy atom. The van der Waals surface area contributed by atoms with Crippen molar-refractivity contribution in [2.45, 2.75) is 13.8 Å². The van der Waals surface area contributed by atoms with Gasteiger partial charge < -0.3 is 0 Å². The minimum atomic E-state index is -0.184. The van der Waals surface area contributed by atoms with Gasteiger partial charge in [0.05, 0.1) is 0 Å². The van der Waals surface area contributed by atoms with E-state index in [1.165, 1.54) is 6.16 Å². The maximum atomic E-state index is 3.98. The summed E-state index contributed by atoms with van der Waals surface area (Å²) >= 11 is 0. The molecule has 1 unspecified atom stereocenters. The first-order chi connectivity index (χ1) is 3.13. The summed E-state index contributed by atoms with van der Waals surface area (Å²) in [5, 5.41) is 0. The molecule has 2 heteroatoms. The molecular formula is C6H15PY. The Hall–Kier alpha value is 1.40. The fourth-order valence-corrected chi connectivity index (χ4v) is 2.09. The molecule has 1 atom stereocenters. The summed E-state index contributed by atoms with van der Waals surface area (Å²) in [6, 6.07) is 0. The molecule has 0 nitrogen and oxygen atoms in total. The Morgan fingerprint density at radius 2 is 1.88 bits per heavy atom. The van der Waals surface area contributed by atoms with Crippen molar-refractivity contribution in [2.24, 2.45) is 5.92 Å². The van der Waals surface area contributed by atoms with Crippen LogP contribution in [0.4, 0.5) is 0 Å². The minimum Gasteiger partial charge on any atom is -0.127 e. The van der Waals surface area contributed by atoms with Gasteiger partial charge in [0.15, 0.2) is 0 Å². The fraction of sp³-hybridized carbons (Fsp3) is 0.833. The summed E-state index contributed by atoms with van der Waals surface area (Å²) in [6.07, 6.45) is 5.33. The van der Waals surface area contributed by atoms with Crippen molar-refractivity contribution in [3.05, 3.63) is 0 Å². The summed E-state index contributed by atoms with van der Waals surface area (Å²) in [6.45, 7) is 6.75. The Kier molecular flexibility index (Phi) is 9.88. The molecule has 0 aromatic rings. The predicted octanol–water partition coefficient (Wildman–Crippen LogP) is 1.92. The second-order valence-corrected chi connectivity index (χ2v) is 4.88. The smallest absolute Gasteiger partial charge is 0 e. The van der Waals surface area contributed by atoms with Crippen LogP contribution in [-0.4, -0.2) is 19.1 Å². The van der Waals surface area contributed by atoms with E-state index in [1.807, 2.05) is 0 Å². The molecule has 8 heavy (non-hydrogen) atoms. The number of rotatable bonds is 2. The molecule has 0 aliphatic carbocycles. The van der Waals surface area contributed by atoms with Crippen molar-refractivity contribution < 1.29 is 32.7 Å². The van der Waals surface area contributed by atoms with Gasteiger partial charge in [0.2, 0.25) is 0 Å². The van der Waals surface area contributed by atoms with Gasteiger partial charge in [0, 0.05) is 32.7 Å². The average Bonchev–Trinajstić information content (AvgIpc) is 1.27. The largest absolute Gasteiger partial charge is 0.127 e. The van der Waals surface area contributed by atoms with E-state index in [-0.39, 0.29) is 40.3 Å². The zero-order valence-corrected chi connectivity index (χ0v) is 9.91. The first kappa shape index (κ1) is 12.1. The van der Waals surface area contributed by atoms with Crippen LogP contribution in [0.1, 0.15) is 13.8 Å². The van der Waals surface area contributed by atoms with Gasteiger partial charge in [-0.3, -0.25) is 0 Å². The van der Waals surface area contributed by atoms with E-state index in [1.54, 1.807) is 0 Å². The Bertz CT molecular complexity index is 68.9. The van der Waals surface area contributed by atoms with Crippen molar-refractivity contribution in [1.29, 1.82) is 0 Å². The van der Waals surface area contributed by atoms with Crippen LogP contribution in [0.15, 0.2) is 0 Å². The standard InChI is InChI=1S/C6H15P.Y/c1-6(2)5-7(3)4;/h6-7H,3,5H2,1-2,4H3;. The van der Waals surface area contributed by atoms with Gasteiger partial charge >= 0.3 is 0 Å². The van der Waals surface area contributed by atoms with E-state index in [9.17, 15) is 0 Å². The van der Waals surface area contributed by atoms with Gasteiger partial charge in [-0.05, 0) is 18.7 Å². The SMILES string of the molecule is C=[PH](C)CC(C)C.[Y]. The third kappa shape index (κ3) is 10.4. The molecule has 0 N–H and O–H groups in total. The predicted molar refractivity (Wildman–Crippen MR) is 41.1 cm³/mol. The van der Waals surface area contributed by atoms with Crippen LogP contribution in [0.25, 0.3) is 0 Å². The summed E-state index contributed by atoms with van der Waals surface area (Å²) in [4.78, 5) is 0. The van der Waals surface area contributed by atoms with Crippen molar-refractivity contribution in [3.8, 4) is 0 Å². The zero-order chi connectivity index (χ0) is 5.86. The minimum absolute atomic E-state index is 0. The molecule has 0 aliphatic rings. The van der Waals surface area contributed by atoms with E-state index in [0.29, 0.717) is 0 Å². The normalized spacial score (nSPS) is 13.0. The molecule has 0 bridgehead atoms. The fourth-order valence-electron chi connectivity index (χ4n) is 0.697. The van der Waals surface area contributed by atoms with Gasteiger partial charge in [0.1, 0.15) is 0 Å². The van der Waals surface area contributed by atoms with Crippen LogP contribution < -0.4 is 0 Å². The second kappa shape index (κ2) is 6.52. The molecule has 0 aromatic heterocycles. The number of hydrogen-bond acceptors (Lipinski definition) is 0. The summed E-state index contributed by atoms with van der Waals surface area (Å²) in [5.41, 5.74) is 0. The van der Waals surface area contributed by atoms with Crippen LogP contribution in [-0.2, 0) is 32.7 Å². The third-order valence-electron chi connectivity index (χ3n) is 0.757. The molecule has 0 heterocycles. The molecule has 0 aliphatic heterocycles. The Labute approximate surface area is 78.7 Å². The first-order valence-corrected chi connectivity index (χ1v) is 5.18. The average molecular weight is 207 g/mol. The molecule has 0 aromatic carbocycles. The van der Waals surface area contributed by atoms with Gasteiger partial charge in [-0.1, -0.05) is 13.8 Å². The summed E-state index contributed by atoms with van der Waals surface area (Å²) in [5.74, 6) is 0.858.